The molecule has 1 aromatic carbocycles. The van der Waals surface area contributed by atoms with Crippen molar-refractivity contribution in [2.75, 3.05) is 25.4 Å². The zero-order valence-corrected chi connectivity index (χ0v) is 14.9. The number of nitrogens with one attached hydrogen (secondary N) is 1. The quantitative estimate of drug-likeness (QED) is 0.795. The van der Waals surface area contributed by atoms with Crippen molar-refractivity contribution in [1.82, 2.24) is 25.0 Å². The highest BCUT2D eigenvalue weighted by Gasteiger charge is 2.29. The minimum absolute atomic E-state index is 0.115. The van der Waals surface area contributed by atoms with Gasteiger partial charge in [-0.15, -0.1) is 10.2 Å². The second kappa shape index (κ2) is 6.87. The van der Waals surface area contributed by atoms with Gasteiger partial charge in [0, 0.05) is 20.1 Å². The number of amides is 3. The molecule has 136 valence electrons. The van der Waals surface area contributed by atoms with Gasteiger partial charge in [0.2, 0.25) is 5.91 Å². The molecule has 9 nitrogen and oxygen atoms in total. The number of benzene rings is 1. The second-order valence-electron chi connectivity index (χ2n) is 5.83. The van der Waals surface area contributed by atoms with E-state index in [1.165, 1.54) is 16.7 Å². The van der Waals surface area contributed by atoms with Crippen molar-refractivity contribution >= 4 is 23.7 Å². The SMILES string of the molecule is Cn1c(SCC(=O)N2CCNC2=O)nnc1[C@@H]1COc2ccccc2O1. The van der Waals surface area contributed by atoms with Gasteiger partial charge in [-0.2, -0.15) is 0 Å². The van der Waals surface area contributed by atoms with E-state index in [0.717, 1.165) is 0 Å². The van der Waals surface area contributed by atoms with Crippen LogP contribution in [-0.2, 0) is 11.8 Å². The van der Waals surface area contributed by atoms with Crippen molar-refractivity contribution in [2.24, 2.45) is 7.05 Å². The Morgan fingerprint density at radius 1 is 1.35 bits per heavy atom. The predicted molar refractivity (Wildman–Crippen MR) is 92.1 cm³/mol. The van der Waals surface area contributed by atoms with Crippen LogP contribution in [0.2, 0.25) is 0 Å². The van der Waals surface area contributed by atoms with E-state index < -0.39 is 0 Å². The third-order valence-corrected chi connectivity index (χ3v) is 5.15. The molecular formula is C16H17N5O4S. The molecule has 0 saturated carbocycles. The molecule has 1 saturated heterocycles. The Balaban J connectivity index is 1.42. The van der Waals surface area contributed by atoms with E-state index in [0.29, 0.717) is 42.2 Å². The van der Waals surface area contributed by atoms with Gasteiger partial charge < -0.3 is 19.4 Å². The van der Waals surface area contributed by atoms with Crippen LogP contribution in [0, 0.1) is 0 Å². The van der Waals surface area contributed by atoms with Crippen LogP contribution in [0.25, 0.3) is 0 Å². The highest BCUT2D eigenvalue weighted by molar-refractivity contribution is 7.99. The lowest BCUT2D eigenvalue weighted by Gasteiger charge is -2.25. The standard InChI is InChI=1S/C16H17N5O4S/c1-20-14(12-8-24-10-4-2-3-5-11(10)25-12)18-19-16(20)26-9-13(22)21-7-6-17-15(21)23/h2-5,12H,6-9H2,1H3,(H,17,23)/t12-/m0/s1. The first-order valence-corrected chi connectivity index (χ1v) is 9.11. The number of hydrogen-bond acceptors (Lipinski definition) is 7. The maximum absolute atomic E-state index is 12.1. The zero-order chi connectivity index (χ0) is 18.1. The maximum atomic E-state index is 12.1. The van der Waals surface area contributed by atoms with E-state index in [9.17, 15) is 9.59 Å². The minimum Gasteiger partial charge on any atom is -0.485 e. The molecule has 2 aliphatic rings. The van der Waals surface area contributed by atoms with E-state index in [4.69, 9.17) is 9.47 Å². The Morgan fingerprint density at radius 2 is 2.15 bits per heavy atom. The third-order valence-electron chi connectivity index (χ3n) is 4.15. The molecule has 26 heavy (non-hydrogen) atoms. The molecule has 1 fully saturated rings. The van der Waals surface area contributed by atoms with Crippen LogP contribution in [0.1, 0.15) is 11.9 Å². The highest BCUT2D eigenvalue weighted by Crippen LogP contribution is 2.35. The molecule has 2 aliphatic heterocycles. The largest absolute Gasteiger partial charge is 0.485 e. The average molecular weight is 375 g/mol. The van der Waals surface area contributed by atoms with Crippen LogP contribution in [0.5, 0.6) is 11.5 Å². The maximum Gasteiger partial charge on any atom is 0.324 e. The topological polar surface area (TPSA) is 98.6 Å². The minimum atomic E-state index is -0.378. The number of aromatic nitrogens is 3. The van der Waals surface area contributed by atoms with Gasteiger partial charge in [-0.1, -0.05) is 23.9 Å². The van der Waals surface area contributed by atoms with Crippen molar-refractivity contribution in [1.29, 1.82) is 0 Å². The lowest BCUT2D eigenvalue weighted by Crippen LogP contribution is -2.35. The number of urea groups is 1. The third kappa shape index (κ3) is 3.07. The Kier molecular flexibility index (Phi) is 4.41. The van der Waals surface area contributed by atoms with E-state index in [1.807, 2.05) is 31.3 Å². The zero-order valence-electron chi connectivity index (χ0n) is 14.0. The van der Waals surface area contributed by atoms with E-state index in [1.54, 1.807) is 4.57 Å². The summed E-state index contributed by atoms with van der Waals surface area (Å²) < 4.78 is 13.4. The van der Waals surface area contributed by atoms with Gasteiger partial charge in [0.1, 0.15) is 6.61 Å². The summed E-state index contributed by atoms with van der Waals surface area (Å²) in [6.07, 6.45) is -0.378. The smallest absolute Gasteiger partial charge is 0.324 e. The summed E-state index contributed by atoms with van der Waals surface area (Å²) in [5, 5.41) is 11.5. The van der Waals surface area contributed by atoms with Gasteiger partial charge >= 0.3 is 6.03 Å². The molecule has 0 spiro atoms. The van der Waals surface area contributed by atoms with Crippen molar-refractivity contribution in [3.63, 3.8) is 0 Å². The molecule has 0 radical (unpaired) electrons. The molecule has 4 rings (SSSR count). The first-order valence-electron chi connectivity index (χ1n) is 8.12. The molecule has 2 aromatic rings. The number of imide groups is 1. The molecule has 1 aromatic heterocycles. The lowest BCUT2D eigenvalue weighted by atomic mass is 10.2. The van der Waals surface area contributed by atoms with Crippen LogP contribution < -0.4 is 14.8 Å². The fourth-order valence-electron chi connectivity index (χ4n) is 2.79. The van der Waals surface area contributed by atoms with E-state index in [2.05, 4.69) is 15.5 Å². The number of para-hydroxylation sites is 2. The monoisotopic (exact) mass is 375 g/mol. The Labute approximate surface area is 153 Å². The van der Waals surface area contributed by atoms with Crippen LogP contribution in [-0.4, -0.2) is 57.1 Å². The Bertz CT molecular complexity index is 855. The molecule has 3 amide bonds. The summed E-state index contributed by atoms with van der Waals surface area (Å²) in [5.41, 5.74) is 0. The summed E-state index contributed by atoms with van der Waals surface area (Å²) in [4.78, 5) is 24.9. The number of thioether (sulfide) groups is 1. The van der Waals surface area contributed by atoms with E-state index >= 15 is 0 Å². The lowest BCUT2D eigenvalue weighted by molar-refractivity contribution is -0.124. The molecule has 0 aliphatic carbocycles. The van der Waals surface area contributed by atoms with Gasteiger partial charge in [-0.05, 0) is 12.1 Å². The van der Waals surface area contributed by atoms with Crippen LogP contribution in [0.4, 0.5) is 4.79 Å². The average Bonchev–Trinajstić information content (AvgIpc) is 3.25. The fraction of sp³-hybridized carbons (Fsp3) is 0.375. The first-order chi connectivity index (χ1) is 12.6. The normalized spacial score (nSPS) is 18.7. The molecule has 0 bridgehead atoms. The predicted octanol–water partition coefficient (Wildman–Crippen LogP) is 0.971. The van der Waals surface area contributed by atoms with Gasteiger partial charge in [0.05, 0.1) is 5.75 Å². The number of carbonyl (C=O) groups is 2. The first kappa shape index (κ1) is 16.7. The summed E-state index contributed by atoms with van der Waals surface area (Å²) in [5.74, 6) is 1.85. The molecular weight excluding hydrogens is 358 g/mol. The molecule has 3 heterocycles. The van der Waals surface area contributed by atoms with Crippen molar-refractivity contribution in [3.05, 3.63) is 30.1 Å². The van der Waals surface area contributed by atoms with Gasteiger partial charge in [0.15, 0.2) is 28.6 Å². The summed E-state index contributed by atoms with van der Waals surface area (Å²) >= 11 is 1.24. The number of hydrogen-bond donors (Lipinski definition) is 1. The van der Waals surface area contributed by atoms with Gasteiger partial charge in [-0.25, -0.2) is 4.79 Å². The number of nitrogens with zero attached hydrogens (tertiary/aromatic N) is 4. The van der Waals surface area contributed by atoms with Gasteiger partial charge in [-0.3, -0.25) is 9.69 Å². The van der Waals surface area contributed by atoms with Crippen LogP contribution in [0.3, 0.4) is 0 Å². The molecule has 10 heteroatoms. The van der Waals surface area contributed by atoms with Crippen molar-refractivity contribution in [2.45, 2.75) is 11.3 Å². The summed E-state index contributed by atoms with van der Waals surface area (Å²) in [6, 6.07) is 7.11. The van der Waals surface area contributed by atoms with Crippen LogP contribution >= 0.6 is 11.8 Å². The van der Waals surface area contributed by atoms with Crippen molar-refractivity contribution in [3.8, 4) is 11.5 Å². The summed E-state index contributed by atoms with van der Waals surface area (Å²) in [6.45, 7) is 1.22. The molecule has 0 unspecified atom stereocenters. The Morgan fingerprint density at radius 3 is 2.92 bits per heavy atom. The highest BCUT2D eigenvalue weighted by atomic mass is 32.2. The Hall–Kier alpha value is -2.75. The number of fused-ring (bicyclic) bond motifs is 1. The number of rotatable bonds is 4. The van der Waals surface area contributed by atoms with E-state index in [-0.39, 0.29) is 23.8 Å². The van der Waals surface area contributed by atoms with Crippen LogP contribution in [0.15, 0.2) is 29.4 Å². The fourth-order valence-corrected chi connectivity index (χ4v) is 3.59. The number of ether oxygens (including phenoxy) is 2. The van der Waals surface area contributed by atoms with Crippen molar-refractivity contribution < 1.29 is 19.1 Å². The summed E-state index contributed by atoms with van der Waals surface area (Å²) in [7, 11) is 1.81. The second-order valence-corrected chi connectivity index (χ2v) is 6.77. The molecule has 1 atom stereocenters. The number of carbonyl (C=O) groups excluding carboxylic acids is 2. The molecule has 1 N–H and O–H groups in total. The van der Waals surface area contributed by atoms with Gasteiger partial charge in [0.25, 0.3) is 0 Å².